The van der Waals surface area contributed by atoms with Gasteiger partial charge in [-0.2, -0.15) is 0 Å². The van der Waals surface area contributed by atoms with Crippen LogP contribution in [0.3, 0.4) is 0 Å². The van der Waals surface area contributed by atoms with Crippen molar-refractivity contribution >= 4 is 33.2 Å². The average molecular weight is 291 g/mol. The first kappa shape index (κ1) is 12.4. The Bertz CT molecular complexity index is 818. The van der Waals surface area contributed by atoms with Gasteiger partial charge in [0.1, 0.15) is 4.83 Å². The molecule has 0 radical (unpaired) electrons. The molecule has 0 bridgehead atoms. The second-order valence-corrected chi connectivity index (χ2v) is 6.02. The van der Waals surface area contributed by atoms with Gasteiger partial charge >= 0.3 is 0 Å². The zero-order valence-electron chi connectivity index (χ0n) is 10.5. The molecule has 19 heavy (non-hydrogen) atoms. The van der Waals surface area contributed by atoms with E-state index < -0.39 is 0 Å². The Morgan fingerprint density at radius 3 is 2.63 bits per heavy atom. The van der Waals surface area contributed by atoms with Gasteiger partial charge in [0, 0.05) is 22.5 Å². The number of rotatable bonds is 1. The largest absolute Gasteiger partial charge is 0.302 e. The molecule has 0 aliphatic carbocycles. The molecule has 0 saturated heterocycles. The van der Waals surface area contributed by atoms with E-state index in [1.54, 1.807) is 24.7 Å². The smallest absolute Gasteiger partial charge is 0.262 e. The summed E-state index contributed by atoms with van der Waals surface area (Å²) in [7, 11) is 1.72. The van der Waals surface area contributed by atoms with Crippen LogP contribution in [0.1, 0.15) is 4.88 Å². The maximum Gasteiger partial charge on any atom is 0.262 e. The summed E-state index contributed by atoms with van der Waals surface area (Å²) in [6, 6.07) is 7.54. The van der Waals surface area contributed by atoms with Gasteiger partial charge in [0.25, 0.3) is 5.56 Å². The molecule has 2 heterocycles. The lowest BCUT2D eigenvalue weighted by Crippen LogP contribution is -2.16. The molecule has 0 amide bonds. The third-order valence-corrected chi connectivity index (χ3v) is 4.35. The highest BCUT2D eigenvalue weighted by atomic mass is 35.5. The van der Waals surface area contributed by atoms with Gasteiger partial charge < -0.3 is 4.57 Å². The Kier molecular flexibility index (Phi) is 2.92. The normalized spacial score (nSPS) is 11.1. The molecule has 0 aliphatic rings. The predicted molar refractivity (Wildman–Crippen MR) is 80.0 cm³/mol. The van der Waals surface area contributed by atoms with Crippen LogP contribution in [0.15, 0.2) is 35.4 Å². The third-order valence-electron chi connectivity index (χ3n) is 3.08. The molecule has 0 spiro atoms. The van der Waals surface area contributed by atoms with E-state index in [1.165, 1.54) is 4.57 Å². The number of benzene rings is 1. The molecule has 0 saturated carbocycles. The van der Waals surface area contributed by atoms with Crippen LogP contribution in [0.25, 0.3) is 21.3 Å². The fraction of sp³-hybridized carbons (Fsp3) is 0.143. The molecule has 3 aromatic rings. The van der Waals surface area contributed by atoms with Gasteiger partial charge in [-0.1, -0.05) is 23.7 Å². The molecule has 0 N–H and O–H groups in total. The lowest BCUT2D eigenvalue weighted by atomic mass is 10.0. The average Bonchev–Trinajstić information content (AvgIpc) is 2.72. The molecule has 96 valence electrons. The van der Waals surface area contributed by atoms with Gasteiger partial charge in [-0.05, 0) is 24.6 Å². The highest BCUT2D eigenvalue weighted by Crippen LogP contribution is 2.35. The van der Waals surface area contributed by atoms with Gasteiger partial charge in [-0.3, -0.25) is 4.79 Å². The zero-order valence-corrected chi connectivity index (χ0v) is 12.0. The first-order chi connectivity index (χ1) is 9.08. The Morgan fingerprint density at radius 2 is 1.95 bits per heavy atom. The number of fused-ring (bicyclic) bond motifs is 1. The molecular weight excluding hydrogens is 280 g/mol. The predicted octanol–water partition coefficient (Wildman–Crippen LogP) is 3.62. The van der Waals surface area contributed by atoms with Crippen molar-refractivity contribution in [1.82, 2.24) is 9.55 Å². The summed E-state index contributed by atoms with van der Waals surface area (Å²) in [5, 5.41) is 1.38. The van der Waals surface area contributed by atoms with Gasteiger partial charge in [0.15, 0.2) is 0 Å². The Hall–Kier alpha value is -1.65. The summed E-state index contributed by atoms with van der Waals surface area (Å²) in [6.45, 7) is 2.01. The van der Waals surface area contributed by atoms with Crippen molar-refractivity contribution in [1.29, 1.82) is 0 Å². The van der Waals surface area contributed by atoms with E-state index in [0.29, 0.717) is 10.4 Å². The van der Waals surface area contributed by atoms with E-state index in [2.05, 4.69) is 4.98 Å². The van der Waals surface area contributed by atoms with Crippen molar-refractivity contribution in [2.45, 2.75) is 6.92 Å². The third kappa shape index (κ3) is 1.97. The standard InChI is InChI=1S/C14H11ClN2OS/c1-8-11(9-3-5-10(15)6-4-9)12-13(19-8)16-7-17(2)14(12)18/h3-7H,1-2H3. The first-order valence-electron chi connectivity index (χ1n) is 5.78. The van der Waals surface area contributed by atoms with Crippen LogP contribution in [0, 0.1) is 6.92 Å². The minimum absolute atomic E-state index is 0.0145. The highest BCUT2D eigenvalue weighted by molar-refractivity contribution is 7.19. The number of hydrogen-bond donors (Lipinski definition) is 0. The van der Waals surface area contributed by atoms with Crippen LogP contribution in [-0.2, 0) is 7.05 Å². The number of aryl methyl sites for hydroxylation is 2. The highest BCUT2D eigenvalue weighted by Gasteiger charge is 2.15. The minimum Gasteiger partial charge on any atom is -0.302 e. The molecule has 3 rings (SSSR count). The van der Waals surface area contributed by atoms with Crippen LogP contribution in [0.5, 0.6) is 0 Å². The van der Waals surface area contributed by atoms with Crippen molar-refractivity contribution in [2.75, 3.05) is 0 Å². The molecule has 0 atom stereocenters. The molecule has 1 aromatic carbocycles. The second kappa shape index (κ2) is 4.47. The molecule has 0 fully saturated rings. The zero-order chi connectivity index (χ0) is 13.6. The molecule has 3 nitrogen and oxygen atoms in total. The van der Waals surface area contributed by atoms with Crippen molar-refractivity contribution < 1.29 is 0 Å². The fourth-order valence-electron chi connectivity index (χ4n) is 2.15. The van der Waals surface area contributed by atoms with Gasteiger partial charge in [0.2, 0.25) is 0 Å². The van der Waals surface area contributed by atoms with Gasteiger partial charge in [-0.15, -0.1) is 11.3 Å². The number of halogens is 1. The van der Waals surface area contributed by atoms with Crippen molar-refractivity contribution in [3.05, 3.63) is 50.8 Å². The van der Waals surface area contributed by atoms with Crippen LogP contribution in [-0.4, -0.2) is 9.55 Å². The molecule has 0 aliphatic heterocycles. The quantitative estimate of drug-likeness (QED) is 0.686. The lowest BCUT2D eigenvalue weighted by molar-refractivity contribution is 0.845. The van der Waals surface area contributed by atoms with E-state index in [-0.39, 0.29) is 5.56 Å². The summed E-state index contributed by atoms with van der Waals surface area (Å²) >= 11 is 7.46. The number of aromatic nitrogens is 2. The van der Waals surface area contributed by atoms with E-state index in [1.807, 2.05) is 31.2 Å². The molecular formula is C14H11ClN2OS. The fourth-order valence-corrected chi connectivity index (χ4v) is 3.28. The molecule has 0 unspecified atom stereocenters. The van der Waals surface area contributed by atoms with E-state index in [0.717, 1.165) is 20.8 Å². The SMILES string of the molecule is Cc1sc2ncn(C)c(=O)c2c1-c1ccc(Cl)cc1. The summed E-state index contributed by atoms with van der Waals surface area (Å²) in [4.78, 5) is 18.5. The maximum atomic E-state index is 12.3. The van der Waals surface area contributed by atoms with E-state index in [9.17, 15) is 4.79 Å². The maximum absolute atomic E-state index is 12.3. The van der Waals surface area contributed by atoms with Gasteiger partial charge in [0.05, 0.1) is 11.7 Å². The second-order valence-electron chi connectivity index (χ2n) is 4.38. The van der Waals surface area contributed by atoms with Crippen LogP contribution < -0.4 is 5.56 Å². The van der Waals surface area contributed by atoms with E-state index >= 15 is 0 Å². The van der Waals surface area contributed by atoms with Crippen molar-refractivity contribution in [3.63, 3.8) is 0 Å². The number of hydrogen-bond acceptors (Lipinski definition) is 3. The topological polar surface area (TPSA) is 34.9 Å². The van der Waals surface area contributed by atoms with E-state index in [4.69, 9.17) is 11.6 Å². The summed E-state index contributed by atoms with van der Waals surface area (Å²) in [6.07, 6.45) is 1.56. The Balaban J connectivity index is 2.40. The number of thiophene rings is 1. The number of nitrogens with zero attached hydrogens (tertiary/aromatic N) is 2. The minimum atomic E-state index is -0.0145. The summed E-state index contributed by atoms with van der Waals surface area (Å²) < 4.78 is 1.51. The van der Waals surface area contributed by atoms with Crippen molar-refractivity contribution in [2.24, 2.45) is 7.05 Å². The molecule has 2 aromatic heterocycles. The summed E-state index contributed by atoms with van der Waals surface area (Å²) in [5.41, 5.74) is 1.95. The van der Waals surface area contributed by atoms with Crippen LogP contribution >= 0.6 is 22.9 Å². The lowest BCUT2D eigenvalue weighted by Gasteiger charge is -2.02. The monoisotopic (exact) mass is 290 g/mol. The van der Waals surface area contributed by atoms with Gasteiger partial charge in [-0.25, -0.2) is 4.98 Å². The Labute approximate surface area is 119 Å². The van der Waals surface area contributed by atoms with Crippen molar-refractivity contribution in [3.8, 4) is 11.1 Å². The first-order valence-corrected chi connectivity index (χ1v) is 6.98. The molecule has 5 heteroatoms. The summed E-state index contributed by atoms with van der Waals surface area (Å²) in [5.74, 6) is 0. The van der Waals surface area contributed by atoms with Crippen LogP contribution in [0.4, 0.5) is 0 Å². The Morgan fingerprint density at radius 1 is 1.26 bits per heavy atom. The van der Waals surface area contributed by atoms with Crippen LogP contribution in [0.2, 0.25) is 5.02 Å².